The summed E-state index contributed by atoms with van der Waals surface area (Å²) in [5.41, 5.74) is 3.03. The van der Waals surface area contributed by atoms with Crippen LogP contribution in [0.25, 0.3) is 0 Å². The molecular weight excluding hydrogens is 398 g/mol. The molecule has 0 heterocycles. The first-order valence-corrected chi connectivity index (χ1v) is 12.0. The van der Waals surface area contributed by atoms with Crippen LogP contribution in [-0.2, 0) is 16.0 Å². The van der Waals surface area contributed by atoms with Gasteiger partial charge in [0.25, 0.3) is 0 Å². The number of anilines is 2. The Balaban J connectivity index is 1.14. The van der Waals surface area contributed by atoms with Crippen LogP contribution < -0.4 is 16.0 Å². The molecule has 4 bridgehead atoms. The molecule has 2 amide bonds. The summed E-state index contributed by atoms with van der Waals surface area (Å²) in [6, 6.07) is 17.7. The quantitative estimate of drug-likeness (QED) is 0.565. The minimum Gasteiger partial charge on any atom is -0.378 e. The number of benzene rings is 2. The van der Waals surface area contributed by atoms with Crippen molar-refractivity contribution in [3.63, 3.8) is 0 Å². The van der Waals surface area contributed by atoms with E-state index in [0.717, 1.165) is 34.7 Å². The molecule has 0 atom stereocenters. The van der Waals surface area contributed by atoms with Crippen LogP contribution in [0.5, 0.6) is 0 Å². The van der Waals surface area contributed by atoms with Gasteiger partial charge in [-0.05, 0) is 74.0 Å². The normalized spacial score (nSPS) is 27.7. The van der Waals surface area contributed by atoms with Crippen molar-refractivity contribution in [3.8, 4) is 0 Å². The van der Waals surface area contributed by atoms with Crippen LogP contribution in [0, 0.1) is 17.8 Å². The number of hydrogen-bond acceptors (Lipinski definition) is 3. The lowest BCUT2D eigenvalue weighted by atomic mass is 9.53. The third-order valence-electron chi connectivity index (χ3n) is 7.52. The highest BCUT2D eigenvalue weighted by Gasteiger charge is 2.51. The van der Waals surface area contributed by atoms with Gasteiger partial charge < -0.3 is 16.0 Å². The lowest BCUT2D eigenvalue weighted by molar-refractivity contribution is -0.120. The van der Waals surface area contributed by atoms with Crippen LogP contribution >= 0.6 is 0 Å². The summed E-state index contributed by atoms with van der Waals surface area (Å²) in [4.78, 5) is 24.7. The van der Waals surface area contributed by atoms with Gasteiger partial charge in [0.05, 0.1) is 17.8 Å². The fourth-order valence-electron chi connectivity index (χ4n) is 6.62. The third kappa shape index (κ3) is 4.82. The third-order valence-corrected chi connectivity index (χ3v) is 7.52. The summed E-state index contributed by atoms with van der Waals surface area (Å²) in [6.45, 7) is 0.335. The first-order chi connectivity index (χ1) is 15.6. The standard InChI is InChI=1S/C27H33N3O2/c31-25(10-11-28-26(32)15-19-6-2-1-3-7-19)29-23-8-4-5-9-24(23)30-27-16-20-12-21(17-27)14-22(13-20)18-27/h1-9,20-22,30H,10-18H2,(H,28,32)(H,29,31). The van der Waals surface area contributed by atoms with Crippen LogP contribution in [0.15, 0.2) is 54.6 Å². The van der Waals surface area contributed by atoms with Crippen molar-refractivity contribution in [2.45, 2.75) is 56.9 Å². The first kappa shape index (κ1) is 21.0. The minimum atomic E-state index is -0.0789. The Morgan fingerprint density at radius 3 is 2.03 bits per heavy atom. The molecule has 5 heteroatoms. The van der Waals surface area contributed by atoms with Gasteiger partial charge in [0.1, 0.15) is 0 Å². The summed E-state index contributed by atoms with van der Waals surface area (Å²) in [7, 11) is 0. The SMILES string of the molecule is O=C(Cc1ccccc1)NCCC(=O)Nc1ccccc1NC12CC3CC(CC(C3)C1)C2. The number of hydrogen-bond donors (Lipinski definition) is 3. The molecule has 6 rings (SSSR count). The number of carbonyl (C=O) groups is 2. The predicted molar refractivity (Wildman–Crippen MR) is 127 cm³/mol. The average molecular weight is 432 g/mol. The molecule has 0 saturated heterocycles. The molecule has 168 valence electrons. The highest BCUT2D eigenvalue weighted by atomic mass is 16.2. The maximum absolute atomic E-state index is 12.6. The second kappa shape index (κ2) is 8.97. The zero-order chi connectivity index (χ0) is 22.0. The van der Waals surface area contributed by atoms with Gasteiger partial charge in [-0.15, -0.1) is 0 Å². The molecular formula is C27H33N3O2. The first-order valence-electron chi connectivity index (χ1n) is 12.0. The summed E-state index contributed by atoms with van der Waals surface area (Å²) >= 11 is 0. The summed E-state index contributed by atoms with van der Waals surface area (Å²) < 4.78 is 0. The van der Waals surface area contributed by atoms with Crippen molar-refractivity contribution in [1.82, 2.24) is 5.32 Å². The molecule has 3 N–H and O–H groups in total. The van der Waals surface area contributed by atoms with Crippen molar-refractivity contribution in [1.29, 1.82) is 0 Å². The Labute approximate surface area is 190 Å². The van der Waals surface area contributed by atoms with E-state index >= 15 is 0 Å². The van der Waals surface area contributed by atoms with E-state index in [4.69, 9.17) is 0 Å². The van der Waals surface area contributed by atoms with E-state index in [2.05, 4.69) is 22.0 Å². The van der Waals surface area contributed by atoms with E-state index in [1.54, 1.807) is 0 Å². The molecule has 5 nitrogen and oxygen atoms in total. The second-order valence-electron chi connectivity index (χ2n) is 10.2. The van der Waals surface area contributed by atoms with Gasteiger partial charge in [0.2, 0.25) is 11.8 Å². The van der Waals surface area contributed by atoms with E-state index < -0.39 is 0 Å². The van der Waals surface area contributed by atoms with Gasteiger partial charge in [-0.2, -0.15) is 0 Å². The molecule has 4 saturated carbocycles. The van der Waals surface area contributed by atoms with Crippen molar-refractivity contribution >= 4 is 23.2 Å². The monoisotopic (exact) mass is 431 g/mol. The second-order valence-corrected chi connectivity index (χ2v) is 10.2. The molecule has 4 aliphatic carbocycles. The number of rotatable bonds is 8. The molecule has 2 aromatic carbocycles. The Morgan fingerprint density at radius 1 is 0.781 bits per heavy atom. The maximum atomic E-state index is 12.6. The van der Waals surface area contributed by atoms with Crippen LogP contribution in [0.3, 0.4) is 0 Å². The van der Waals surface area contributed by atoms with Gasteiger partial charge in [-0.3, -0.25) is 9.59 Å². The summed E-state index contributed by atoms with van der Waals surface area (Å²) in [5, 5.41) is 9.79. The van der Waals surface area contributed by atoms with Gasteiger partial charge in [0, 0.05) is 18.5 Å². The Bertz CT molecular complexity index is 937. The molecule has 4 aliphatic rings. The zero-order valence-electron chi connectivity index (χ0n) is 18.6. The van der Waals surface area contributed by atoms with Crippen molar-refractivity contribution in [2.75, 3.05) is 17.2 Å². The van der Waals surface area contributed by atoms with E-state index in [1.165, 1.54) is 38.5 Å². The molecule has 2 aromatic rings. The molecule has 0 spiro atoms. The fourth-order valence-corrected chi connectivity index (χ4v) is 6.62. The van der Waals surface area contributed by atoms with E-state index in [1.807, 2.05) is 48.5 Å². The molecule has 0 aliphatic heterocycles. The van der Waals surface area contributed by atoms with Gasteiger partial charge >= 0.3 is 0 Å². The Hall–Kier alpha value is -2.82. The highest BCUT2D eigenvalue weighted by Crippen LogP contribution is 2.56. The van der Waals surface area contributed by atoms with Crippen molar-refractivity contribution < 1.29 is 9.59 Å². The molecule has 0 unspecified atom stereocenters. The lowest BCUT2D eigenvalue weighted by Crippen LogP contribution is -2.54. The van der Waals surface area contributed by atoms with Crippen molar-refractivity contribution in [2.24, 2.45) is 17.8 Å². The number of amides is 2. The number of para-hydroxylation sites is 2. The topological polar surface area (TPSA) is 70.2 Å². The van der Waals surface area contributed by atoms with E-state index in [-0.39, 0.29) is 23.8 Å². The Morgan fingerprint density at radius 2 is 1.38 bits per heavy atom. The van der Waals surface area contributed by atoms with E-state index in [0.29, 0.717) is 13.0 Å². The lowest BCUT2D eigenvalue weighted by Gasteiger charge is -2.57. The fraction of sp³-hybridized carbons (Fsp3) is 0.481. The molecule has 0 aromatic heterocycles. The van der Waals surface area contributed by atoms with Crippen LogP contribution in [-0.4, -0.2) is 23.9 Å². The van der Waals surface area contributed by atoms with Crippen LogP contribution in [0.2, 0.25) is 0 Å². The largest absolute Gasteiger partial charge is 0.378 e. The van der Waals surface area contributed by atoms with Gasteiger partial charge in [-0.1, -0.05) is 42.5 Å². The predicted octanol–water partition coefficient (Wildman–Crippen LogP) is 4.75. The minimum absolute atomic E-state index is 0.0621. The molecule has 32 heavy (non-hydrogen) atoms. The zero-order valence-corrected chi connectivity index (χ0v) is 18.6. The summed E-state index contributed by atoms with van der Waals surface area (Å²) in [6.07, 6.45) is 8.60. The smallest absolute Gasteiger partial charge is 0.226 e. The summed E-state index contributed by atoms with van der Waals surface area (Å²) in [5.74, 6) is 2.47. The van der Waals surface area contributed by atoms with Crippen LogP contribution in [0.4, 0.5) is 11.4 Å². The Kier molecular flexibility index (Phi) is 5.90. The highest BCUT2D eigenvalue weighted by molar-refractivity contribution is 5.94. The molecule has 0 radical (unpaired) electrons. The van der Waals surface area contributed by atoms with E-state index in [9.17, 15) is 9.59 Å². The van der Waals surface area contributed by atoms with Crippen molar-refractivity contribution in [3.05, 3.63) is 60.2 Å². The average Bonchev–Trinajstić information content (AvgIpc) is 2.75. The van der Waals surface area contributed by atoms with Gasteiger partial charge in [0.15, 0.2) is 0 Å². The molecule has 4 fully saturated rings. The maximum Gasteiger partial charge on any atom is 0.226 e. The van der Waals surface area contributed by atoms with Crippen LogP contribution in [0.1, 0.15) is 50.5 Å². The number of carbonyl (C=O) groups excluding carboxylic acids is 2. The van der Waals surface area contributed by atoms with Gasteiger partial charge in [-0.25, -0.2) is 0 Å². The number of nitrogens with one attached hydrogen (secondary N) is 3.